The molecule has 0 aliphatic carbocycles. The monoisotopic (exact) mass is 424 g/mol. The van der Waals surface area contributed by atoms with E-state index in [2.05, 4.69) is 53.7 Å². The first-order valence-electron chi connectivity index (χ1n) is 7.90. The van der Waals surface area contributed by atoms with E-state index in [4.69, 9.17) is 0 Å². The largest absolute Gasteiger partial charge is 2.00 e. The zero-order chi connectivity index (χ0) is 17.9. The molecular weight excluding hydrogens is 398 g/mol. The fourth-order valence-corrected chi connectivity index (χ4v) is 1.78. The van der Waals surface area contributed by atoms with Crippen molar-refractivity contribution in [1.29, 1.82) is 0 Å². The van der Waals surface area contributed by atoms with Gasteiger partial charge in [0, 0.05) is 0 Å². The standard InChI is InChI=1S/2C8H9.C8H8.2Mn/c3*1-7-5-3-4-6-8(7)2;;/h2*3-6H,1H2,2H3;3-6H,1-2H2;;/q2*-1;-2;2*+2. The van der Waals surface area contributed by atoms with Crippen LogP contribution in [0.5, 0.6) is 0 Å². The van der Waals surface area contributed by atoms with Gasteiger partial charge in [0.25, 0.3) is 0 Å². The van der Waals surface area contributed by atoms with E-state index in [1.165, 1.54) is 11.1 Å². The summed E-state index contributed by atoms with van der Waals surface area (Å²) in [7, 11) is 0. The van der Waals surface area contributed by atoms with Crippen molar-refractivity contribution in [3.05, 3.63) is 134 Å². The van der Waals surface area contributed by atoms with Crippen molar-refractivity contribution in [3.8, 4) is 0 Å². The zero-order valence-corrected chi connectivity index (χ0v) is 17.9. The van der Waals surface area contributed by atoms with Gasteiger partial charge < -0.3 is 0 Å². The topological polar surface area (TPSA) is 0 Å². The van der Waals surface area contributed by atoms with Crippen molar-refractivity contribution in [2.45, 2.75) is 13.8 Å². The van der Waals surface area contributed by atoms with E-state index in [0.717, 1.165) is 22.3 Å². The molecule has 0 atom stereocenters. The molecule has 0 heterocycles. The predicted octanol–water partition coefficient (Wildman–Crippen LogP) is 6.40. The minimum Gasteiger partial charge on any atom is -0.299 e. The van der Waals surface area contributed by atoms with Crippen LogP contribution in [0.3, 0.4) is 0 Å². The maximum absolute atomic E-state index is 3.82. The van der Waals surface area contributed by atoms with Crippen LogP contribution < -0.4 is 0 Å². The predicted molar refractivity (Wildman–Crippen MR) is 107 cm³/mol. The minimum atomic E-state index is 0. The summed E-state index contributed by atoms with van der Waals surface area (Å²) >= 11 is 0. The fourth-order valence-electron chi connectivity index (χ4n) is 1.78. The Hall–Kier alpha value is -1.82. The molecule has 0 spiro atoms. The molecular formula is C24H26Mn2. The molecule has 0 aliphatic heterocycles. The smallest absolute Gasteiger partial charge is 0.299 e. The van der Waals surface area contributed by atoms with Crippen molar-refractivity contribution >= 4 is 0 Å². The van der Waals surface area contributed by atoms with Gasteiger partial charge in [0.2, 0.25) is 0 Å². The number of aryl methyl sites for hydroxylation is 2. The molecule has 0 saturated heterocycles. The first kappa shape index (κ1) is 26.4. The van der Waals surface area contributed by atoms with Gasteiger partial charge in [0.05, 0.1) is 0 Å². The maximum atomic E-state index is 3.82. The summed E-state index contributed by atoms with van der Waals surface area (Å²) in [6, 6.07) is 24.0. The average Bonchev–Trinajstić information content (AvgIpc) is 2.57. The first-order valence-corrected chi connectivity index (χ1v) is 7.90. The summed E-state index contributed by atoms with van der Waals surface area (Å²) in [4.78, 5) is 0. The number of benzene rings is 3. The summed E-state index contributed by atoms with van der Waals surface area (Å²) in [5.74, 6) is 0. The van der Waals surface area contributed by atoms with E-state index in [-0.39, 0.29) is 34.1 Å². The molecule has 0 nitrogen and oxygen atoms in total. The summed E-state index contributed by atoms with van der Waals surface area (Å²) in [6.07, 6.45) is 0. The van der Waals surface area contributed by atoms with Crippen LogP contribution in [0, 0.1) is 41.5 Å². The number of rotatable bonds is 0. The van der Waals surface area contributed by atoms with Gasteiger partial charge in [0.1, 0.15) is 0 Å². The molecule has 0 unspecified atom stereocenters. The molecule has 3 rings (SSSR count). The quantitative estimate of drug-likeness (QED) is 0.289. The second-order valence-corrected chi connectivity index (χ2v) is 5.62. The van der Waals surface area contributed by atoms with E-state index in [0.29, 0.717) is 0 Å². The Labute approximate surface area is 181 Å². The van der Waals surface area contributed by atoms with Crippen LogP contribution >= 0.6 is 0 Å². The second kappa shape index (κ2) is 14.4. The number of hydrogen-bond acceptors (Lipinski definition) is 0. The third-order valence-corrected chi connectivity index (χ3v) is 3.64. The molecule has 0 amide bonds. The van der Waals surface area contributed by atoms with E-state index >= 15 is 0 Å². The van der Waals surface area contributed by atoms with Gasteiger partial charge in [-0.25, -0.2) is 12.1 Å². The molecule has 26 heavy (non-hydrogen) atoms. The molecule has 0 aliphatic rings. The van der Waals surface area contributed by atoms with Crippen LogP contribution in [0.4, 0.5) is 0 Å². The third kappa shape index (κ3) is 10.2. The van der Waals surface area contributed by atoms with Crippen LogP contribution in [0.1, 0.15) is 33.4 Å². The van der Waals surface area contributed by atoms with Crippen LogP contribution in [0.2, 0.25) is 0 Å². The minimum absolute atomic E-state index is 0. The van der Waals surface area contributed by atoms with Crippen LogP contribution in [0.15, 0.2) is 72.8 Å². The van der Waals surface area contributed by atoms with Gasteiger partial charge in [-0.3, -0.25) is 25.0 Å². The normalized spacial score (nSPS) is 8.38. The second-order valence-electron chi connectivity index (χ2n) is 5.62. The summed E-state index contributed by atoms with van der Waals surface area (Å²) in [5, 5.41) is 0. The molecule has 0 aromatic heterocycles. The van der Waals surface area contributed by atoms with Crippen LogP contribution in [-0.2, 0) is 34.1 Å². The summed E-state index contributed by atoms with van der Waals surface area (Å²) < 4.78 is 0. The molecule has 0 saturated carbocycles. The molecule has 2 radical (unpaired) electrons. The Morgan fingerprint density at radius 3 is 0.808 bits per heavy atom. The Kier molecular flexibility index (Phi) is 14.6. The molecule has 0 bridgehead atoms. The SMILES string of the molecule is [CH2-]c1ccccc1C.[CH2-]c1ccccc1C.[CH2-]c1ccccc1[CH2-].[Mn+2].[Mn+2]. The Bertz CT molecular complexity index is 582. The maximum Gasteiger partial charge on any atom is 2.00 e. The van der Waals surface area contributed by atoms with Crippen molar-refractivity contribution < 1.29 is 34.1 Å². The van der Waals surface area contributed by atoms with Crippen molar-refractivity contribution in [2.75, 3.05) is 0 Å². The van der Waals surface area contributed by atoms with Crippen molar-refractivity contribution in [1.82, 2.24) is 0 Å². The molecule has 2 heteroatoms. The Morgan fingerprint density at radius 1 is 0.423 bits per heavy atom. The fraction of sp³-hybridized carbons (Fsp3) is 0.0833. The van der Waals surface area contributed by atoms with Crippen molar-refractivity contribution in [3.63, 3.8) is 0 Å². The van der Waals surface area contributed by atoms with Gasteiger partial charge in [-0.2, -0.15) is 48.2 Å². The van der Waals surface area contributed by atoms with E-state index in [1.54, 1.807) is 0 Å². The third-order valence-electron chi connectivity index (χ3n) is 3.64. The van der Waals surface area contributed by atoms with Gasteiger partial charge in [-0.05, 0) is 0 Å². The Balaban J connectivity index is 0. The van der Waals surface area contributed by atoms with Gasteiger partial charge in [0.15, 0.2) is 0 Å². The van der Waals surface area contributed by atoms with Crippen molar-refractivity contribution in [2.24, 2.45) is 0 Å². The molecule has 3 aromatic rings. The molecule has 0 N–H and O–H groups in total. The van der Waals surface area contributed by atoms with E-state index in [9.17, 15) is 0 Å². The Morgan fingerprint density at radius 2 is 0.654 bits per heavy atom. The average molecular weight is 424 g/mol. The number of hydrogen-bond donors (Lipinski definition) is 0. The van der Waals surface area contributed by atoms with Gasteiger partial charge >= 0.3 is 34.1 Å². The van der Waals surface area contributed by atoms with Gasteiger partial charge in [-0.1, -0.05) is 26.0 Å². The summed E-state index contributed by atoms with van der Waals surface area (Å²) in [6.45, 7) is 19.3. The van der Waals surface area contributed by atoms with E-state index < -0.39 is 0 Å². The zero-order valence-electron chi connectivity index (χ0n) is 15.5. The molecule has 136 valence electrons. The summed E-state index contributed by atoms with van der Waals surface area (Å²) in [5.41, 5.74) is 6.76. The molecule has 0 fully saturated rings. The van der Waals surface area contributed by atoms with E-state index in [1.807, 2.05) is 60.7 Å². The van der Waals surface area contributed by atoms with Crippen LogP contribution in [-0.4, -0.2) is 0 Å². The molecule has 3 aromatic carbocycles. The van der Waals surface area contributed by atoms with Gasteiger partial charge in [-0.15, -0.1) is 36.4 Å². The first-order chi connectivity index (χ1) is 11.4. The van der Waals surface area contributed by atoms with Crippen LogP contribution in [0.25, 0.3) is 0 Å².